The van der Waals surface area contributed by atoms with Gasteiger partial charge in [0.05, 0.1) is 12.8 Å². The minimum Gasteiger partial charge on any atom is -0.495 e. The first kappa shape index (κ1) is 14.7. The molecule has 0 atom stereocenters. The Labute approximate surface area is 121 Å². The number of aliphatic imine (C=N–C) groups is 1. The van der Waals surface area contributed by atoms with Crippen molar-refractivity contribution in [2.75, 3.05) is 19.0 Å². The van der Waals surface area contributed by atoms with Crippen LogP contribution in [0.5, 0.6) is 5.75 Å². The second-order valence-corrected chi connectivity index (χ2v) is 5.38. The Morgan fingerprint density at radius 1 is 1.35 bits per heavy atom. The van der Waals surface area contributed by atoms with E-state index in [9.17, 15) is 0 Å². The van der Waals surface area contributed by atoms with Crippen LogP contribution >= 0.6 is 0 Å². The number of nitrogens with one attached hydrogen (secondary N) is 1. The summed E-state index contributed by atoms with van der Waals surface area (Å²) in [6.45, 7) is 0.796. The average molecular weight is 275 g/mol. The highest BCUT2D eigenvalue weighted by molar-refractivity contribution is 5.93. The molecular weight excluding hydrogens is 250 g/mol. The van der Waals surface area contributed by atoms with Crippen molar-refractivity contribution in [3.63, 3.8) is 0 Å². The van der Waals surface area contributed by atoms with Crippen molar-refractivity contribution in [3.8, 4) is 5.75 Å². The van der Waals surface area contributed by atoms with Gasteiger partial charge in [0.1, 0.15) is 5.75 Å². The van der Waals surface area contributed by atoms with E-state index in [0.29, 0.717) is 5.96 Å². The Hall–Kier alpha value is -1.71. The largest absolute Gasteiger partial charge is 0.495 e. The molecule has 2 rings (SSSR count). The minimum absolute atomic E-state index is 0.459. The van der Waals surface area contributed by atoms with Crippen LogP contribution in [0, 0.1) is 5.92 Å². The van der Waals surface area contributed by atoms with Crippen molar-refractivity contribution in [2.45, 2.75) is 38.5 Å². The van der Waals surface area contributed by atoms with Crippen LogP contribution in [0.3, 0.4) is 0 Å². The third-order valence-corrected chi connectivity index (χ3v) is 3.90. The fourth-order valence-electron chi connectivity index (χ4n) is 2.80. The van der Waals surface area contributed by atoms with Crippen LogP contribution < -0.4 is 15.8 Å². The van der Waals surface area contributed by atoms with Gasteiger partial charge in [0, 0.05) is 6.54 Å². The fraction of sp³-hybridized carbons (Fsp3) is 0.562. The molecule has 0 radical (unpaired) electrons. The van der Waals surface area contributed by atoms with Crippen molar-refractivity contribution in [1.82, 2.24) is 0 Å². The molecule has 1 saturated carbocycles. The normalized spacial score (nSPS) is 16.4. The van der Waals surface area contributed by atoms with Gasteiger partial charge in [-0.1, -0.05) is 37.8 Å². The molecule has 0 aromatic heterocycles. The van der Waals surface area contributed by atoms with Crippen molar-refractivity contribution in [2.24, 2.45) is 16.6 Å². The number of guanidine groups is 1. The molecule has 0 amide bonds. The van der Waals surface area contributed by atoms with Crippen LogP contribution in [0.4, 0.5) is 5.69 Å². The first-order chi connectivity index (χ1) is 9.79. The van der Waals surface area contributed by atoms with Gasteiger partial charge in [-0.3, -0.25) is 4.99 Å². The second-order valence-electron chi connectivity index (χ2n) is 5.38. The summed E-state index contributed by atoms with van der Waals surface area (Å²) in [5.41, 5.74) is 6.76. The molecule has 1 aromatic carbocycles. The monoisotopic (exact) mass is 275 g/mol. The van der Waals surface area contributed by atoms with Crippen molar-refractivity contribution < 1.29 is 4.74 Å². The van der Waals surface area contributed by atoms with E-state index in [-0.39, 0.29) is 0 Å². The highest BCUT2D eigenvalue weighted by atomic mass is 16.5. The summed E-state index contributed by atoms with van der Waals surface area (Å²) in [6.07, 6.45) is 8.03. The van der Waals surface area contributed by atoms with E-state index in [1.165, 1.54) is 32.1 Å². The van der Waals surface area contributed by atoms with Crippen molar-refractivity contribution in [1.29, 1.82) is 0 Å². The summed E-state index contributed by atoms with van der Waals surface area (Å²) in [4.78, 5) is 4.38. The Bertz CT molecular complexity index is 439. The van der Waals surface area contributed by atoms with Gasteiger partial charge < -0.3 is 15.8 Å². The summed E-state index contributed by atoms with van der Waals surface area (Å²) < 4.78 is 5.27. The quantitative estimate of drug-likeness (QED) is 0.475. The molecule has 0 heterocycles. The standard InChI is InChI=1S/C16H25N3O/c1-20-15-11-5-4-10-14(15)19-16(17)18-12-6-9-13-7-2-3-8-13/h4-5,10-11,13H,2-3,6-9,12H2,1H3,(H3,17,18,19). The van der Waals surface area contributed by atoms with E-state index < -0.39 is 0 Å². The van der Waals surface area contributed by atoms with Gasteiger partial charge in [-0.2, -0.15) is 0 Å². The number of nitrogens with zero attached hydrogens (tertiary/aromatic N) is 1. The SMILES string of the molecule is COc1ccccc1NC(N)=NCCCC1CCCC1. The molecule has 110 valence electrons. The summed E-state index contributed by atoms with van der Waals surface area (Å²) in [7, 11) is 1.65. The van der Waals surface area contributed by atoms with E-state index in [0.717, 1.165) is 30.3 Å². The van der Waals surface area contributed by atoms with E-state index in [1.54, 1.807) is 7.11 Å². The van der Waals surface area contributed by atoms with Gasteiger partial charge in [0.25, 0.3) is 0 Å². The number of anilines is 1. The molecule has 1 aliphatic carbocycles. The van der Waals surface area contributed by atoms with E-state index in [2.05, 4.69) is 10.3 Å². The maximum atomic E-state index is 5.91. The predicted octanol–water partition coefficient (Wildman–Crippen LogP) is 3.39. The number of para-hydroxylation sites is 2. The summed E-state index contributed by atoms with van der Waals surface area (Å²) in [5, 5.41) is 3.09. The molecular formula is C16H25N3O. The summed E-state index contributed by atoms with van der Waals surface area (Å²) in [5.74, 6) is 2.16. The van der Waals surface area contributed by atoms with Gasteiger partial charge in [-0.05, 0) is 30.9 Å². The molecule has 1 aliphatic rings. The molecule has 0 saturated heterocycles. The second kappa shape index (κ2) is 7.78. The molecule has 1 aromatic rings. The van der Waals surface area contributed by atoms with Gasteiger partial charge in [-0.15, -0.1) is 0 Å². The lowest BCUT2D eigenvalue weighted by atomic mass is 10.0. The van der Waals surface area contributed by atoms with Crippen LogP contribution in [0.1, 0.15) is 38.5 Å². The zero-order valence-corrected chi connectivity index (χ0v) is 12.3. The molecule has 3 N–H and O–H groups in total. The van der Waals surface area contributed by atoms with Gasteiger partial charge in [0.2, 0.25) is 0 Å². The summed E-state index contributed by atoms with van der Waals surface area (Å²) >= 11 is 0. The van der Waals surface area contributed by atoms with Crippen LogP contribution in [0.2, 0.25) is 0 Å². The van der Waals surface area contributed by atoms with Crippen LogP contribution in [0.25, 0.3) is 0 Å². The van der Waals surface area contributed by atoms with Gasteiger partial charge >= 0.3 is 0 Å². The lowest BCUT2D eigenvalue weighted by Gasteiger charge is -2.10. The van der Waals surface area contributed by atoms with Crippen LogP contribution in [-0.2, 0) is 0 Å². The number of methoxy groups -OCH3 is 1. The predicted molar refractivity (Wildman–Crippen MR) is 84.3 cm³/mol. The Kier molecular flexibility index (Phi) is 5.71. The molecule has 0 spiro atoms. The van der Waals surface area contributed by atoms with Crippen molar-refractivity contribution in [3.05, 3.63) is 24.3 Å². The van der Waals surface area contributed by atoms with E-state index >= 15 is 0 Å². The Morgan fingerprint density at radius 2 is 2.10 bits per heavy atom. The molecule has 0 unspecified atom stereocenters. The maximum Gasteiger partial charge on any atom is 0.193 e. The zero-order valence-electron chi connectivity index (χ0n) is 12.3. The Balaban J connectivity index is 1.75. The molecule has 1 fully saturated rings. The maximum absolute atomic E-state index is 5.91. The number of ether oxygens (including phenoxy) is 1. The first-order valence-corrected chi connectivity index (χ1v) is 7.49. The number of hydrogen-bond acceptors (Lipinski definition) is 2. The highest BCUT2D eigenvalue weighted by Crippen LogP contribution is 2.28. The summed E-state index contributed by atoms with van der Waals surface area (Å²) in [6, 6.07) is 7.70. The molecule has 0 bridgehead atoms. The third kappa shape index (κ3) is 4.44. The smallest absolute Gasteiger partial charge is 0.193 e. The molecule has 20 heavy (non-hydrogen) atoms. The number of nitrogens with two attached hydrogens (primary N) is 1. The molecule has 4 nitrogen and oxygen atoms in total. The third-order valence-electron chi connectivity index (χ3n) is 3.90. The van der Waals surface area contributed by atoms with E-state index in [4.69, 9.17) is 10.5 Å². The minimum atomic E-state index is 0.459. The first-order valence-electron chi connectivity index (χ1n) is 7.49. The zero-order chi connectivity index (χ0) is 14.2. The van der Waals surface area contributed by atoms with E-state index in [1.807, 2.05) is 24.3 Å². The van der Waals surface area contributed by atoms with Crippen LogP contribution in [-0.4, -0.2) is 19.6 Å². The number of hydrogen-bond donors (Lipinski definition) is 2. The topological polar surface area (TPSA) is 59.6 Å². The highest BCUT2D eigenvalue weighted by Gasteiger charge is 2.13. The van der Waals surface area contributed by atoms with Gasteiger partial charge in [0.15, 0.2) is 5.96 Å². The average Bonchev–Trinajstić information content (AvgIpc) is 2.97. The number of rotatable bonds is 6. The molecule has 4 heteroatoms. The lowest BCUT2D eigenvalue weighted by molar-refractivity contribution is 0.417. The van der Waals surface area contributed by atoms with Gasteiger partial charge in [-0.25, -0.2) is 0 Å². The number of benzene rings is 1. The molecule has 0 aliphatic heterocycles. The fourth-order valence-corrected chi connectivity index (χ4v) is 2.80. The van der Waals surface area contributed by atoms with Crippen molar-refractivity contribution >= 4 is 11.6 Å². The lowest BCUT2D eigenvalue weighted by Crippen LogP contribution is -2.23. The van der Waals surface area contributed by atoms with Crippen LogP contribution in [0.15, 0.2) is 29.3 Å². The Morgan fingerprint density at radius 3 is 2.85 bits per heavy atom.